The number of aliphatic hydroxyl groups excluding tert-OH is 2. The first-order valence-corrected chi connectivity index (χ1v) is 9.85. The van der Waals surface area contributed by atoms with Crippen molar-refractivity contribution < 1.29 is 34.4 Å². The minimum Gasteiger partial charge on any atom is -0.396 e. The molecule has 4 saturated carbocycles. The van der Waals surface area contributed by atoms with E-state index in [-0.39, 0.29) is 37.1 Å². The van der Waals surface area contributed by atoms with Crippen LogP contribution in [0, 0.1) is 39.9 Å². The fourth-order valence-electron chi connectivity index (χ4n) is 7.69. The van der Waals surface area contributed by atoms with Gasteiger partial charge >= 0.3 is 0 Å². The Morgan fingerprint density at radius 3 is 2.48 bits per heavy atom. The summed E-state index contributed by atoms with van der Waals surface area (Å²) in [6, 6.07) is 0. The van der Waals surface area contributed by atoms with E-state index in [9.17, 15) is 29.7 Å². The number of ether oxygens (including phenoxy) is 1. The van der Waals surface area contributed by atoms with Gasteiger partial charge in [0.15, 0.2) is 17.4 Å². The summed E-state index contributed by atoms with van der Waals surface area (Å²) in [5.41, 5.74) is -3.56. The van der Waals surface area contributed by atoms with Gasteiger partial charge in [0.1, 0.15) is 11.9 Å². The first-order chi connectivity index (χ1) is 12.6. The Kier molecular flexibility index (Phi) is 3.23. The zero-order chi connectivity index (χ0) is 19.6. The van der Waals surface area contributed by atoms with Crippen LogP contribution >= 0.6 is 0 Å². The molecule has 0 aromatic heterocycles. The lowest BCUT2D eigenvalue weighted by atomic mass is 9.37. The highest BCUT2D eigenvalue weighted by atomic mass is 16.6. The fourth-order valence-corrected chi connectivity index (χ4v) is 7.69. The second-order valence-corrected chi connectivity index (χ2v) is 9.94. The van der Waals surface area contributed by atoms with Crippen molar-refractivity contribution in [2.45, 2.75) is 51.4 Å². The molecule has 6 aliphatic rings. The average Bonchev–Trinajstić information content (AvgIpc) is 2.82. The van der Waals surface area contributed by atoms with Gasteiger partial charge in [-0.25, -0.2) is 0 Å². The first-order valence-electron chi connectivity index (χ1n) is 9.85. The number of carbonyl (C=O) groups is 3. The molecule has 2 aliphatic heterocycles. The Bertz CT molecular complexity index is 774. The van der Waals surface area contributed by atoms with E-state index >= 15 is 0 Å². The van der Waals surface area contributed by atoms with Gasteiger partial charge < -0.3 is 20.1 Å². The summed E-state index contributed by atoms with van der Waals surface area (Å²) in [5.74, 6) is -4.78. The Morgan fingerprint density at radius 2 is 1.85 bits per heavy atom. The van der Waals surface area contributed by atoms with Gasteiger partial charge in [-0.2, -0.15) is 0 Å². The molecule has 0 aromatic carbocycles. The van der Waals surface area contributed by atoms with Gasteiger partial charge in [-0.05, 0) is 31.1 Å². The van der Waals surface area contributed by atoms with E-state index in [4.69, 9.17) is 4.74 Å². The number of rotatable bonds is 1. The summed E-state index contributed by atoms with van der Waals surface area (Å²) in [7, 11) is 0. The maximum atomic E-state index is 13.5. The minimum atomic E-state index is -1.72. The predicted octanol–water partition coefficient (Wildman–Crippen LogP) is -0.156. The molecule has 6 fully saturated rings. The standard InChI is InChI=1S/C20H26O7/c1-17(2)14-13(23)16(25)18-5-9(10(7-21)15(18)24)3-4-11(18)19(14)8-27-20(17,26)6-12(19)22/h9-11,13-14,21,23,26H,3-8H2,1-2H3. The SMILES string of the molecule is CC1(C)C2C(O)C(=O)C34CC(CCC3C23COC1(O)CC3=O)C(CO)C4=O. The number of aliphatic hydroxyl groups is 3. The highest BCUT2D eigenvalue weighted by molar-refractivity contribution is 6.14. The number of hydrogen-bond acceptors (Lipinski definition) is 7. The van der Waals surface area contributed by atoms with Gasteiger partial charge in [-0.1, -0.05) is 13.8 Å². The molecule has 3 N–H and O–H groups in total. The third-order valence-electron chi connectivity index (χ3n) is 9.00. The van der Waals surface area contributed by atoms with Gasteiger partial charge in [-0.15, -0.1) is 0 Å². The highest BCUT2D eigenvalue weighted by Gasteiger charge is 2.82. The van der Waals surface area contributed by atoms with E-state index in [0.29, 0.717) is 19.3 Å². The Hall–Kier alpha value is -1.15. The molecular formula is C20H26O7. The second-order valence-electron chi connectivity index (χ2n) is 9.94. The minimum absolute atomic E-state index is 0.0745. The third-order valence-corrected chi connectivity index (χ3v) is 9.00. The zero-order valence-corrected chi connectivity index (χ0v) is 15.6. The topological polar surface area (TPSA) is 121 Å². The van der Waals surface area contributed by atoms with Crippen LogP contribution in [-0.4, -0.2) is 57.8 Å². The quantitative estimate of drug-likeness (QED) is 0.542. The molecule has 148 valence electrons. The van der Waals surface area contributed by atoms with Crippen molar-refractivity contribution in [2.75, 3.05) is 13.2 Å². The van der Waals surface area contributed by atoms with Gasteiger partial charge in [0, 0.05) is 17.3 Å². The lowest BCUT2D eigenvalue weighted by Gasteiger charge is -2.69. The summed E-state index contributed by atoms with van der Waals surface area (Å²) >= 11 is 0. The maximum Gasteiger partial charge on any atom is 0.177 e. The van der Waals surface area contributed by atoms with Crippen LogP contribution in [0.15, 0.2) is 0 Å². The molecule has 0 amide bonds. The van der Waals surface area contributed by atoms with E-state index in [1.54, 1.807) is 13.8 Å². The van der Waals surface area contributed by atoms with Gasteiger partial charge in [0.2, 0.25) is 0 Å². The van der Waals surface area contributed by atoms with E-state index < -0.39 is 51.7 Å². The summed E-state index contributed by atoms with van der Waals surface area (Å²) in [4.78, 5) is 40.1. The van der Waals surface area contributed by atoms with Crippen LogP contribution < -0.4 is 0 Å². The molecule has 7 nitrogen and oxygen atoms in total. The van der Waals surface area contributed by atoms with Crippen molar-refractivity contribution in [1.82, 2.24) is 0 Å². The predicted molar refractivity (Wildman–Crippen MR) is 90.1 cm³/mol. The number of ketones is 3. The van der Waals surface area contributed by atoms with Crippen molar-refractivity contribution in [3.05, 3.63) is 0 Å². The second kappa shape index (κ2) is 4.87. The van der Waals surface area contributed by atoms with Crippen LogP contribution in [0.5, 0.6) is 0 Å². The summed E-state index contributed by atoms with van der Waals surface area (Å²) < 4.78 is 5.79. The first kappa shape index (κ1) is 17.9. The van der Waals surface area contributed by atoms with Gasteiger partial charge in [-0.3, -0.25) is 14.4 Å². The van der Waals surface area contributed by atoms with Crippen molar-refractivity contribution in [2.24, 2.45) is 39.9 Å². The van der Waals surface area contributed by atoms with Crippen LogP contribution in [0.3, 0.4) is 0 Å². The fraction of sp³-hybridized carbons (Fsp3) is 0.850. The largest absolute Gasteiger partial charge is 0.396 e. The van der Waals surface area contributed by atoms with E-state index in [1.165, 1.54) is 0 Å². The van der Waals surface area contributed by atoms with Crippen molar-refractivity contribution in [3.8, 4) is 0 Å². The number of Topliss-reactive ketones (excluding diaryl/α,β-unsaturated/α-hetero) is 3. The molecule has 2 saturated heterocycles. The van der Waals surface area contributed by atoms with Crippen LogP contribution in [0.25, 0.3) is 0 Å². The van der Waals surface area contributed by atoms with E-state index in [2.05, 4.69) is 0 Å². The molecule has 2 heterocycles. The molecule has 0 radical (unpaired) electrons. The van der Waals surface area contributed by atoms with Gasteiger partial charge in [0.05, 0.1) is 30.5 Å². The monoisotopic (exact) mass is 378 g/mol. The summed E-state index contributed by atoms with van der Waals surface area (Å²) in [6.45, 7) is 3.07. The van der Waals surface area contributed by atoms with Gasteiger partial charge in [0.25, 0.3) is 0 Å². The van der Waals surface area contributed by atoms with Crippen molar-refractivity contribution >= 4 is 17.3 Å². The molecule has 2 spiro atoms. The lowest BCUT2D eigenvalue weighted by molar-refractivity contribution is -0.372. The molecule has 4 bridgehead atoms. The van der Waals surface area contributed by atoms with Crippen LogP contribution in [-0.2, 0) is 19.1 Å². The molecule has 6 rings (SSSR count). The highest BCUT2D eigenvalue weighted by Crippen LogP contribution is 2.72. The number of fused-ring (bicyclic) bond motifs is 3. The average molecular weight is 378 g/mol. The normalized spacial score (nSPS) is 55.4. The van der Waals surface area contributed by atoms with Crippen LogP contribution in [0.4, 0.5) is 0 Å². The third kappa shape index (κ3) is 1.61. The lowest BCUT2D eigenvalue weighted by Crippen LogP contribution is -2.80. The summed E-state index contributed by atoms with van der Waals surface area (Å²) in [5, 5.41) is 31.8. The van der Waals surface area contributed by atoms with Crippen molar-refractivity contribution in [1.29, 1.82) is 0 Å². The molecular weight excluding hydrogens is 352 g/mol. The Morgan fingerprint density at radius 1 is 1.15 bits per heavy atom. The van der Waals surface area contributed by atoms with Crippen LogP contribution in [0.2, 0.25) is 0 Å². The Labute approximate surface area is 157 Å². The molecule has 8 atom stereocenters. The summed E-state index contributed by atoms with van der Waals surface area (Å²) in [6.07, 6.45) is -0.212. The zero-order valence-electron chi connectivity index (χ0n) is 15.6. The van der Waals surface area contributed by atoms with Crippen molar-refractivity contribution in [3.63, 3.8) is 0 Å². The maximum absolute atomic E-state index is 13.5. The Balaban J connectivity index is 1.75. The number of hydrogen-bond donors (Lipinski definition) is 3. The molecule has 7 heteroatoms. The molecule has 4 aliphatic carbocycles. The van der Waals surface area contributed by atoms with E-state index in [1.807, 2.05) is 0 Å². The van der Waals surface area contributed by atoms with Crippen LogP contribution in [0.1, 0.15) is 39.5 Å². The van der Waals surface area contributed by atoms with E-state index in [0.717, 1.165) is 0 Å². The smallest absolute Gasteiger partial charge is 0.177 e. The number of carbonyl (C=O) groups excluding carboxylic acids is 3. The molecule has 27 heavy (non-hydrogen) atoms. The molecule has 8 unspecified atom stereocenters. The molecule has 0 aromatic rings.